The zero-order valence-electron chi connectivity index (χ0n) is 5.03. The molecule has 1 aromatic rings. The zero-order chi connectivity index (χ0) is 6.69. The number of aromatic nitrogens is 1. The van der Waals surface area contributed by atoms with Gasteiger partial charge in [0.25, 0.3) is 0 Å². The van der Waals surface area contributed by atoms with Gasteiger partial charge in [0, 0.05) is 0 Å². The molecule has 2 nitrogen and oxygen atoms in total. The minimum atomic E-state index is 0.216. The summed E-state index contributed by atoms with van der Waals surface area (Å²) in [6.45, 7) is 0. The molecule has 48 valence electrons. The molecule has 0 amide bonds. The van der Waals surface area contributed by atoms with Crippen molar-refractivity contribution in [1.29, 1.82) is 0 Å². The molecule has 1 rings (SSSR count). The van der Waals surface area contributed by atoms with Crippen LogP contribution in [0.5, 0.6) is 5.75 Å². The number of hydrogen-bond donors (Lipinski definition) is 1. The molecule has 0 bridgehead atoms. The largest absolute Gasteiger partial charge is 0.506 e. The van der Waals surface area contributed by atoms with E-state index in [1.165, 1.54) is 6.20 Å². The van der Waals surface area contributed by atoms with Crippen molar-refractivity contribution in [2.75, 3.05) is 6.26 Å². The Hall–Kier alpha value is -0.700. The molecule has 0 aromatic carbocycles. The molecule has 1 aromatic heterocycles. The number of pyridine rings is 1. The van der Waals surface area contributed by atoms with Gasteiger partial charge in [-0.3, -0.25) is 0 Å². The number of hydrogen-bond acceptors (Lipinski definition) is 3. The first-order chi connectivity index (χ1) is 4.33. The standard InChI is InChI=1S/C6H7NOS/c1-9-6-3-2-5(8)4-7-6/h2-4,8H,1H3. The molecule has 0 fully saturated rings. The molecule has 0 radical (unpaired) electrons. The van der Waals surface area contributed by atoms with E-state index in [0.29, 0.717) is 0 Å². The van der Waals surface area contributed by atoms with E-state index in [4.69, 9.17) is 5.11 Å². The smallest absolute Gasteiger partial charge is 0.133 e. The van der Waals surface area contributed by atoms with Gasteiger partial charge in [0.2, 0.25) is 0 Å². The van der Waals surface area contributed by atoms with Gasteiger partial charge in [-0.05, 0) is 18.4 Å². The Kier molecular flexibility index (Phi) is 1.95. The van der Waals surface area contributed by atoms with Crippen LogP contribution in [0.25, 0.3) is 0 Å². The van der Waals surface area contributed by atoms with Crippen LogP contribution in [0.3, 0.4) is 0 Å². The second-order valence-corrected chi connectivity index (χ2v) is 2.39. The molecule has 0 atom stereocenters. The highest BCUT2D eigenvalue weighted by Gasteiger charge is 1.88. The first-order valence-electron chi connectivity index (χ1n) is 2.52. The molecular weight excluding hydrogens is 134 g/mol. The number of nitrogens with zero attached hydrogens (tertiary/aromatic N) is 1. The molecule has 0 aliphatic heterocycles. The maximum absolute atomic E-state index is 8.78. The van der Waals surface area contributed by atoms with Crippen LogP contribution < -0.4 is 0 Å². The van der Waals surface area contributed by atoms with Crippen molar-refractivity contribution >= 4 is 11.8 Å². The Morgan fingerprint density at radius 1 is 1.56 bits per heavy atom. The normalized spacial score (nSPS) is 9.44. The number of rotatable bonds is 1. The molecule has 1 N–H and O–H groups in total. The van der Waals surface area contributed by atoms with Gasteiger partial charge in [-0.15, -0.1) is 11.8 Å². The fraction of sp³-hybridized carbons (Fsp3) is 0.167. The van der Waals surface area contributed by atoms with Crippen LogP contribution in [-0.2, 0) is 0 Å². The maximum atomic E-state index is 8.78. The Balaban J connectivity index is 2.88. The van der Waals surface area contributed by atoms with Crippen molar-refractivity contribution in [3.05, 3.63) is 18.3 Å². The van der Waals surface area contributed by atoms with E-state index in [-0.39, 0.29) is 5.75 Å². The first kappa shape index (κ1) is 6.42. The van der Waals surface area contributed by atoms with Crippen LogP contribution in [0.4, 0.5) is 0 Å². The Morgan fingerprint density at radius 2 is 2.33 bits per heavy atom. The predicted molar refractivity (Wildman–Crippen MR) is 37.7 cm³/mol. The summed E-state index contributed by atoms with van der Waals surface area (Å²) in [6.07, 6.45) is 3.38. The number of thioether (sulfide) groups is 1. The lowest BCUT2D eigenvalue weighted by Crippen LogP contribution is -1.74. The van der Waals surface area contributed by atoms with Gasteiger partial charge in [0.05, 0.1) is 11.2 Å². The SMILES string of the molecule is CSc1ccc(O)cn1. The summed E-state index contributed by atoms with van der Waals surface area (Å²) in [5, 5.41) is 9.70. The highest BCUT2D eigenvalue weighted by atomic mass is 32.2. The van der Waals surface area contributed by atoms with E-state index < -0.39 is 0 Å². The predicted octanol–water partition coefficient (Wildman–Crippen LogP) is 1.51. The van der Waals surface area contributed by atoms with E-state index in [1.54, 1.807) is 23.9 Å². The summed E-state index contributed by atoms with van der Waals surface area (Å²) in [5.74, 6) is 0.216. The number of aromatic hydroxyl groups is 1. The van der Waals surface area contributed by atoms with Gasteiger partial charge >= 0.3 is 0 Å². The van der Waals surface area contributed by atoms with Crippen molar-refractivity contribution in [2.24, 2.45) is 0 Å². The Bertz CT molecular complexity index is 185. The van der Waals surface area contributed by atoms with Crippen LogP contribution in [0, 0.1) is 0 Å². The van der Waals surface area contributed by atoms with E-state index >= 15 is 0 Å². The van der Waals surface area contributed by atoms with Gasteiger partial charge in [-0.2, -0.15) is 0 Å². The summed E-state index contributed by atoms with van der Waals surface area (Å²) < 4.78 is 0. The highest BCUT2D eigenvalue weighted by Crippen LogP contribution is 2.13. The fourth-order valence-electron chi connectivity index (χ4n) is 0.493. The average molecular weight is 141 g/mol. The molecule has 0 saturated carbocycles. The van der Waals surface area contributed by atoms with Crippen molar-refractivity contribution < 1.29 is 5.11 Å². The third kappa shape index (κ3) is 1.61. The van der Waals surface area contributed by atoms with Crippen LogP contribution in [0.1, 0.15) is 0 Å². The Labute approximate surface area is 57.9 Å². The maximum Gasteiger partial charge on any atom is 0.133 e. The quantitative estimate of drug-likeness (QED) is 0.602. The van der Waals surface area contributed by atoms with Gasteiger partial charge in [0.15, 0.2) is 0 Å². The summed E-state index contributed by atoms with van der Waals surface area (Å²) in [5.41, 5.74) is 0. The second-order valence-electron chi connectivity index (χ2n) is 1.56. The minimum absolute atomic E-state index is 0.216. The molecule has 0 saturated heterocycles. The van der Waals surface area contributed by atoms with Crippen molar-refractivity contribution in [3.8, 4) is 5.75 Å². The van der Waals surface area contributed by atoms with Crippen molar-refractivity contribution in [1.82, 2.24) is 4.98 Å². The van der Waals surface area contributed by atoms with Gasteiger partial charge in [0.1, 0.15) is 5.75 Å². The van der Waals surface area contributed by atoms with Crippen LogP contribution >= 0.6 is 11.8 Å². The molecule has 0 aliphatic rings. The third-order valence-electron chi connectivity index (χ3n) is 0.930. The first-order valence-corrected chi connectivity index (χ1v) is 3.74. The summed E-state index contributed by atoms with van der Waals surface area (Å²) in [6, 6.07) is 3.40. The van der Waals surface area contributed by atoms with Gasteiger partial charge < -0.3 is 5.11 Å². The average Bonchev–Trinajstić information content (AvgIpc) is 1.90. The van der Waals surface area contributed by atoms with Crippen LogP contribution in [0.15, 0.2) is 23.4 Å². The monoisotopic (exact) mass is 141 g/mol. The highest BCUT2D eigenvalue weighted by molar-refractivity contribution is 7.98. The molecule has 0 unspecified atom stereocenters. The van der Waals surface area contributed by atoms with Crippen molar-refractivity contribution in [2.45, 2.75) is 5.03 Å². The molecule has 0 aliphatic carbocycles. The molecule has 1 heterocycles. The van der Waals surface area contributed by atoms with E-state index in [2.05, 4.69) is 4.98 Å². The summed E-state index contributed by atoms with van der Waals surface area (Å²) >= 11 is 1.56. The third-order valence-corrected chi connectivity index (χ3v) is 1.59. The second kappa shape index (κ2) is 2.73. The lowest BCUT2D eigenvalue weighted by Gasteiger charge is -1.92. The lowest BCUT2D eigenvalue weighted by molar-refractivity contribution is 0.471. The Morgan fingerprint density at radius 3 is 2.78 bits per heavy atom. The van der Waals surface area contributed by atoms with E-state index in [9.17, 15) is 0 Å². The molecular formula is C6H7NOS. The fourth-order valence-corrected chi connectivity index (χ4v) is 0.855. The topological polar surface area (TPSA) is 33.1 Å². The van der Waals surface area contributed by atoms with E-state index in [1.807, 2.05) is 6.26 Å². The van der Waals surface area contributed by atoms with E-state index in [0.717, 1.165) is 5.03 Å². The summed E-state index contributed by atoms with van der Waals surface area (Å²) in [4.78, 5) is 3.91. The molecule has 3 heteroatoms. The zero-order valence-corrected chi connectivity index (χ0v) is 5.85. The minimum Gasteiger partial charge on any atom is -0.506 e. The summed E-state index contributed by atoms with van der Waals surface area (Å²) in [7, 11) is 0. The van der Waals surface area contributed by atoms with Crippen LogP contribution in [-0.4, -0.2) is 16.3 Å². The molecule has 0 spiro atoms. The van der Waals surface area contributed by atoms with Crippen molar-refractivity contribution in [3.63, 3.8) is 0 Å². The van der Waals surface area contributed by atoms with Gasteiger partial charge in [-0.25, -0.2) is 4.98 Å². The lowest BCUT2D eigenvalue weighted by atomic mass is 10.5. The van der Waals surface area contributed by atoms with Crippen LogP contribution in [0.2, 0.25) is 0 Å². The van der Waals surface area contributed by atoms with Gasteiger partial charge in [-0.1, -0.05) is 0 Å². The molecule has 9 heavy (non-hydrogen) atoms.